The lowest BCUT2D eigenvalue weighted by Crippen LogP contribution is -2.13. The van der Waals surface area contributed by atoms with Gasteiger partial charge in [-0.05, 0) is 25.1 Å². The van der Waals surface area contributed by atoms with Gasteiger partial charge >= 0.3 is 0 Å². The molecule has 0 aliphatic rings. The summed E-state index contributed by atoms with van der Waals surface area (Å²) < 4.78 is 5.53. The first-order valence-electron chi connectivity index (χ1n) is 5.25. The first kappa shape index (κ1) is 13.3. The molecular formula is C12H17ClO3. The molecule has 4 heteroatoms. The van der Waals surface area contributed by atoms with Crippen LogP contribution in [0.4, 0.5) is 0 Å². The van der Waals surface area contributed by atoms with Crippen LogP contribution >= 0.6 is 11.6 Å². The lowest BCUT2D eigenvalue weighted by Gasteiger charge is -2.15. The van der Waals surface area contributed by atoms with Gasteiger partial charge < -0.3 is 14.9 Å². The lowest BCUT2D eigenvalue weighted by molar-refractivity contribution is 0.163. The second-order valence-electron chi connectivity index (χ2n) is 3.96. The van der Waals surface area contributed by atoms with Crippen molar-refractivity contribution in [3.05, 3.63) is 28.8 Å². The van der Waals surface area contributed by atoms with Gasteiger partial charge in [0.15, 0.2) is 0 Å². The molecule has 0 saturated carbocycles. The summed E-state index contributed by atoms with van der Waals surface area (Å²) in [5.41, 5.74) is 0.664. The second kappa shape index (κ2) is 6.09. The summed E-state index contributed by atoms with van der Waals surface area (Å²) in [6.07, 6.45) is -0.627. The molecule has 1 aromatic carbocycles. The molecule has 1 rings (SSSR count). The number of hydrogen-bond acceptors (Lipinski definition) is 3. The zero-order valence-corrected chi connectivity index (χ0v) is 10.2. The SMILES string of the molecule is CC(CO)COc1ccc(Cl)cc1[C@H](C)O. The molecule has 0 heterocycles. The van der Waals surface area contributed by atoms with E-state index < -0.39 is 6.10 Å². The molecule has 0 amide bonds. The Labute approximate surface area is 101 Å². The van der Waals surface area contributed by atoms with E-state index in [1.165, 1.54) is 0 Å². The van der Waals surface area contributed by atoms with E-state index in [1.54, 1.807) is 25.1 Å². The van der Waals surface area contributed by atoms with E-state index in [2.05, 4.69) is 0 Å². The van der Waals surface area contributed by atoms with Gasteiger partial charge in [-0.15, -0.1) is 0 Å². The molecule has 2 N–H and O–H groups in total. The summed E-state index contributed by atoms with van der Waals surface area (Å²) in [5, 5.41) is 19.0. The Bertz CT molecular complexity index is 339. The van der Waals surface area contributed by atoms with Crippen LogP contribution in [-0.4, -0.2) is 23.4 Å². The van der Waals surface area contributed by atoms with Crippen LogP contribution < -0.4 is 4.74 Å². The highest BCUT2D eigenvalue weighted by Gasteiger charge is 2.11. The average molecular weight is 245 g/mol. The summed E-state index contributed by atoms with van der Waals surface area (Å²) >= 11 is 5.84. The maximum absolute atomic E-state index is 9.56. The molecule has 16 heavy (non-hydrogen) atoms. The summed E-state index contributed by atoms with van der Waals surface area (Å²) in [4.78, 5) is 0. The van der Waals surface area contributed by atoms with Crippen LogP contribution in [0.3, 0.4) is 0 Å². The molecule has 1 aromatic rings. The molecule has 3 nitrogen and oxygen atoms in total. The zero-order valence-electron chi connectivity index (χ0n) is 9.48. The minimum atomic E-state index is -0.627. The Morgan fingerprint density at radius 3 is 2.62 bits per heavy atom. The minimum absolute atomic E-state index is 0.0672. The topological polar surface area (TPSA) is 49.7 Å². The maximum Gasteiger partial charge on any atom is 0.125 e. The highest BCUT2D eigenvalue weighted by atomic mass is 35.5. The molecular weight excluding hydrogens is 228 g/mol. The molecule has 2 atom stereocenters. The van der Waals surface area contributed by atoms with Crippen LogP contribution in [0.15, 0.2) is 18.2 Å². The molecule has 90 valence electrons. The Morgan fingerprint density at radius 1 is 1.38 bits per heavy atom. The van der Waals surface area contributed by atoms with Gasteiger partial charge in [-0.3, -0.25) is 0 Å². The molecule has 0 aromatic heterocycles. The fourth-order valence-electron chi connectivity index (χ4n) is 1.26. The first-order chi connectivity index (χ1) is 7.54. The van der Waals surface area contributed by atoms with E-state index in [9.17, 15) is 5.11 Å². The first-order valence-corrected chi connectivity index (χ1v) is 5.63. The largest absolute Gasteiger partial charge is 0.493 e. The van der Waals surface area contributed by atoms with E-state index >= 15 is 0 Å². The van der Waals surface area contributed by atoms with E-state index in [4.69, 9.17) is 21.4 Å². The van der Waals surface area contributed by atoms with Crippen LogP contribution in [0.1, 0.15) is 25.5 Å². The monoisotopic (exact) mass is 244 g/mol. The summed E-state index contributed by atoms with van der Waals surface area (Å²) in [5.74, 6) is 0.678. The minimum Gasteiger partial charge on any atom is -0.493 e. The predicted octanol–water partition coefficient (Wildman–Crippen LogP) is 2.40. The van der Waals surface area contributed by atoms with E-state index in [1.807, 2.05) is 6.92 Å². The Hall–Kier alpha value is -0.770. The highest BCUT2D eigenvalue weighted by molar-refractivity contribution is 6.30. The van der Waals surface area contributed by atoms with Gasteiger partial charge in [0.25, 0.3) is 0 Å². The second-order valence-corrected chi connectivity index (χ2v) is 4.39. The van der Waals surface area contributed by atoms with Gasteiger partial charge in [0.1, 0.15) is 5.75 Å². The summed E-state index contributed by atoms with van der Waals surface area (Å²) in [6, 6.07) is 5.13. The van der Waals surface area contributed by atoms with Crippen LogP contribution in [0, 0.1) is 5.92 Å². The van der Waals surface area contributed by atoms with Gasteiger partial charge in [0.05, 0.1) is 12.7 Å². The fourth-order valence-corrected chi connectivity index (χ4v) is 1.44. The standard InChI is InChI=1S/C12H17ClO3/c1-8(6-14)7-16-12-4-3-10(13)5-11(12)9(2)15/h3-5,8-9,14-15H,6-7H2,1-2H3/t8?,9-/m0/s1. The molecule has 0 spiro atoms. The van der Waals surface area contributed by atoms with Crippen LogP contribution in [-0.2, 0) is 0 Å². The van der Waals surface area contributed by atoms with Crippen LogP contribution in [0.25, 0.3) is 0 Å². The number of ether oxygens (including phenoxy) is 1. The molecule has 0 aliphatic carbocycles. The summed E-state index contributed by atoms with van der Waals surface area (Å²) in [7, 11) is 0. The zero-order chi connectivity index (χ0) is 12.1. The van der Waals surface area contributed by atoms with Gasteiger partial charge in [0, 0.05) is 23.1 Å². The van der Waals surface area contributed by atoms with Crippen molar-refractivity contribution in [1.82, 2.24) is 0 Å². The lowest BCUT2D eigenvalue weighted by atomic mass is 10.1. The van der Waals surface area contributed by atoms with Crippen LogP contribution in [0.5, 0.6) is 5.75 Å². The third-order valence-corrected chi connectivity index (χ3v) is 2.49. The van der Waals surface area contributed by atoms with E-state index in [0.29, 0.717) is 22.9 Å². The van der Waals surface area contributed by atoms with Crippen molar-refractivity contribution in [2.75, 3.05) is 13.2 Å². The molecule has 0 fully saturated rings. The number of halogens is 1. The third-order valence-electron chi connectivity index (χ3n) is 2.26. The molecule has 0 aliphatic heterocycles. The number of aliphatic hydroxyl groups excluding tert-OH is 2. The average Bonchev–Trinajstić information content (AvgIpc) is 2.26. The fraction of sp³-hybridized carbons (Fsp3) is 0.500. The number of benzene rings is 1. The maximum atomic E-state index is 9.56. The van der Waals surface area contributed by atoms with E-state index in [0.717, 1.165) is 0 Å². The number of hydrogen-bond donors (Lipinski definition) is 2. The van der Waals surface area contributed by atoms with Crippen LogP contribution in [0.2, 0.25) is 5.02 Å². The van der Waals surface area contributed by atoms with Crippen molar-refractivity contribution in [1.29, 1.82) is 0 Å². The van der Waals surface area contributed by atoms with Crippen molar-refractivity contribution >= 4 is 11.6 Å². The quantitative estimate of drug-likeness (QED) is 0.836. The van der Waals surface area contributed by atoms with Gasteiger partial charge in [-0.2, -0.15) is 0 Å². The van der Waals surface area contributed by atoms with Gasteiger partial charge in [0.2, 0.25) is 0 Å². The molecule has 0 saturated heterocycles. The summed E-state index contributed by atoms with van der Waals surface area (Å²) in [6.45, 7) is 4.04. The Morgan fingerprint density at radius 2 is 2.06 bits per heavy atom. The van der Waals surface area contributed by atoms with Gasteiger partial charge in [-0.25, -0.2) is 0 Å². The highest BCUT2D eigenvalue weighted by Crippen LogP contribution is 2.28. The number of aliphatic hydroxyl groups is 2. The van der Waals surface area contributed by atoms with Crippen molar-refractivity contribution in [2.45, 2.75) is 20.0 Å². The Kier molecular flexibility index (Phi) is 5.06. The molecule has 0 radical (unpaired) electrons. The van der Waals surface area contributed by atoms with Gasteiger partial charge in [-0.1, -0.05) is 18.5 Å². The van der Waals surface area contributed by atoms with Crippen molar-refractivity contribution in [3.8, 4) is 5.75 Å². The normalized spacial score (nSPS) is 14.6. The molecule has 1 unspecified atom stereocenters. The molecule has 0 bridgehead atoms. The van der Waals surface area contributed by atoms with E-state index in [-0.39, 0.29) is 12.5 Å². The number of rotatable bonds is 5. The van der Waals surface area contributed by atoms with Crippen molar-refractivity contribution in [2.24, 2.45) is 5.92 Å². The Balaban J connectivity index is 2.78. The predicted molar refractivity (Wildman–Crippen MR) is 63.8 cm³/mol. The van der Waals surface area contributed by atoms with Crippen molar-refractivity contribution in [3.63, 3.8) is 0 Å². The smallest absolute Gasteiger partial charge is 0.125 e. The van der Waals surface area contributed by atoms with Crippen molar-refractivity contribution < 1.29 is 14.9 Å². The third kappa shape index (κ3) is 3.67.